The number of hydrogen-bond donors (Lipinski definition) is 0. The van der Waals surface area contributed by atoms with Crippen molar-refractivity contribution < 1.29 is 41.8 Å². The van der Waals surface area contributed by atoms with E-state index in [0.717, 1.165) is 51.5 Å². The van der Waals surface area contributed by atoms with E-state index >= 15 is 0 Å². The summed E-state index contributed by atoms with van der Waals surface area (Å²) < 4.78 is 58.1. The number of ether oxygens (including phenoxy) is 3. The topological polar surface area (TPSA) is 78.9 Å². The first-order valence-electron chi connectivity index (χ1n) is 12.8. The molecule has 6 atom stereocenters. The van der Waals surface area contributed by atoms with Crippen LogP contribution in [0.15, 0.2) is 34.8 Å². The lowest BCUT2D eigenvalue weighted by atomic mass is 9.47. The number of rotatable bonds is 3. The lowest BCUT2D eigenvalue weighted by Gasteiger charge is -2.58. The minimum atomic E-state index is -4.95. The standard InChI is InChI=1S/C28H35F3O6/c1-15(32)35-23-13-18-7-8-19-21(9-11-26(5)22(19)10-12-27(26,6)37-17(3)34)25(18,4)14-20(23)24(28(29,30)31)36-16(2)33/h7,13,19,21-22H,8-12,14H2,1-6H3/t19-,21+,22+,25+,26+,27+/m1/s1. The highest BCUT2D eigenvalue weighted by Crippen LogP contribution is 2.68. The third kappa shape index (κ3) is 4.52. The first kappa shape index (κ1) is 27.5. The van der Waals surface area contributed by atoms with Crippen molar-refractivity contribution in [3.63, 3.8) is 0 Å². The second-order valence-electron chi connectivity index (χ2n) is 11.7. The second-order valence-corrected chi connectivity index (χ2v) is 11.7. The molecule has 37 heavy (non-hydrogen) atoms. The summed E-state index contributed by atoms with van der Waals surface area (Å²) in [6, 6.07) is 0. The molecule has 0 unspecified atom stereocenters. The summed E-state index contributed by atoms with van der Waals surface area (Å²) in [4.78, 5) is 35.3. The van der Waals surface area contributed by atoms with E-state index in [1.807, 2.05) is 19.9 Å². The lowest BCUT2D eigenvalue weighted by molar-refractivity contribution is -0.176. The van der Waals surface area contributed by atoms with Gasteiger partial charge in [0.15, 0.2) is 0 Å². The number of carbonyl (C=O) groups excluding carboxylic acids is 3. The van der Waals surface area contributed by atoms with Crippen molar-refractivity contribution in [2.75, 3.05) is 0 Å². The van der Waals surface area contributed by atoms with Crippen molar-refractivity contribution in [2.24, 2.45) is 28.6 Å². The lowest BCUT2D eigenvalue weighted by Crippen LogP contribution is -2.54. The molecule has 0 aliphatic heterocycles. The normalized spacial score (nSPS) is 38.2. The number of esters is 3. The summed E-state index contributed by atoms with van der Waals surface area (Å²) in [6.07, 6.45) is 2.42. The van der Waals surface area contributed by atoms with Crippen LogP contribution in [0.1, 0.15) is 80.1 Å². The van der Waals surface area contributed by atoms with E-state index in [9.17, 15) is 27.6 Å². The quantitative estimate of drug-likeness (QED) is 0.244. The van der Waals surface area contributed by atoms with E-state index in [1.54, 1.807) is 0 Å². The van der Waals surface area contributed by atoms with Gasteiger partial charge in [-0.1, -0.05) is 19.9 Å². The Morgan fingerprint density at radius 2 is 1.59 bits per heavy atom. The van der Waals surface area contributed by atoms with Crippen molar-refractivity contribution in [2.45, 2.75) is 91.8 Å². The zero-order chi connectivity index (χ0) is 27.6. The number of hydrogen-bond acceptors (Lipinski definition) is 6. The summed E-state index contributed by atoms with van der Waals surface area (Å²) in [7, 11) is 0. The molecule has 4 rings (SSSR count). The largest absolute Gasteiger partial charge is 0.459 e. The Kier molecular flexibility index (Phi) is 6.69. The molecule has 0 amide bonds. The van der Waals surface area contributed by atoms with Crippen molar-refractivity contribution in [3.05, 3.63) is 34.8 Å². The monoisotopic (exact) mass is 524 g/mol. The molecule has 4 aliphatic carbocycles. The van der Waals surface area contributed by atoms with E-state index in [4.69, 9.17) is 14.2 Å². The molecule has 9 heteroatoms. The molecule has 0 N–H and O–H groups in total. The fourth-order valence-corrected chi connectivity index (χ4v) is 7.84. The van der Waals surface area contributed by atoms with Gasteiger partial charge in [0, 0.05) is 31.8 Å². The van der Waals surface area contributed by atoms with Crippen molar-refractivity contribution in [1.29, 1.82) is 0 Å². The highest BCUT2D eigenvalue weighted by molar-refractivity contribution is 5.70. The van der Waals surface area contributed by atoms with Gasteiger partial charge in [-0.05, 0) is 80.3 Å². The Balaban J connectivity index is 1.79. The Bertz CT molecular complexity index is 1120. The van der Waals surface area contributed by atoms with Crippen LogP contribution in [0.5, 0.6) is 0 Å². The molecule has 4 aliphatic rings. The molecule has 0 saturated heterocycles. The SMILES string of the molecule is CC(=O)OC1=CC2=CC[C@@H]3[C@H](CC[C@@]4(C)[C@H]3CC[C@]4(C)OC(C)=O)[C@@]2(C)CC1=C(OC(C)=O)C(F)(F)F. The Hall–Kier alpha value is -2.58. The number of allylic oxidation sites excluding steroid dienone is 5. The van der Waals surface area contributed by atoms with E-state index in [2.05, 4.69) is 6.92 Å². The molecule has 0 spiro atoms. The summed E-state index contributed by atoms with van der Waals surface area (Å²) >= 11 is 0. The van der Waals surface area contributed by atoms with E-state index in [-0.39, 0.29) is 46.9 Å². The molecule has 0 aromatic carbocycles. The van der Waals surface area contributed by atoms with Crippen molar-refractivity contribution in [3.8, 4) is 0 Å². The third-order valence-electron chi connectivity index (χ3n) is 9.58. The summed E-state index contributed by atoms with van der Waals surface area (Å²) in [5.41, 5.74) is -0.980. The van der Waals surface area contributed by atoms with E-state index in [0.29, 0.717) is 0 Å². The molecule has 0 bridgehead atoms. The van der Waals surface area contributed by atoms with Crippen LogP contribution in [0.25, 0.3) is 0 Å². The van der Waals surface area contributed by atoms with Crippen LogP contribution in [0.3, 0.4) is 0 Å². The molecule has 0 aromatic rings. The second kappa shape index (κ2) is 9.02. The fourth-order valence-electron chi connectivity index (χ4n) is 7.84. The zero-order valence-electron chi connectivity index (χ0n) is 22.2. The first-order chi connectivity index (χ1) is 17.0. The van der Waals surface area contributed by atoms with Gasteiger partial charge in [-0.25, -0.2) is 0 Å². The minimum Gasteiger partial charge on any atom is -0.459 e. The Morgan fingerprint density at radius 1 is 0.946 bits per heavy atom. The maximum atomic E-state index is 14.1. The highest BCUT2D eigenvalue weighted by atomic mass is 19.4. The molecule has 204 valence electrons. The maximum Gasteiger partial charge on any atom is 0.450 e. The van der Waals surface area contributed by atoms with Gasteiger partial charge in [-0.2, -0.15) is 13.2 Å². The molecular weight excluding hydrogens is 489 g/mol. The summed E-state index contributed by atoms with van der Waals surface area (Å²) in [5, 5.41) is 0. The van der Waals surface area contributed by atoms with Gasteiger partial charge in [0.2, 0.25) is 5.76 Å². The Morgan fingerprint density at radius 3 is 2.16 bits per heavy atom. The minimum absolute atomic E-state index is 0.0576. The van der Waals surface area contributed by atoms with Gasteiger partial charge in [0.05, 0.1) is 0 Å². The van der Waals surface area contributed by atoms with Crippen LogP contribution >= 0.6 is 0 Å². The average Bonchev–Trinajstić information content (AvgIpc) is 3.00. The highest BCUT2D eigenvalue weighted by Gasteiger charge is 2.64. The molecule has 2 saturated carbocycles. The average molecular weight is 525 g/mol. The van der Waals surface area contributed by atoms with Gasteiger partial charge >= 0.3 is 24.1 Å². The van der Waals surface area contributed by atoms with Crippen LogP contribution < -0.4 is 0 Å². The summed E-state index contributed by atoms with van der Waals surface area (Å²) in [5.74, 6) is -3.33. The van der Waals surface area contributed by atoms with Gasteiger partial charge in [-0.3, -0.25) is 14.4 Å². The third-order valence-corrected chi connectivity index (χ3v) is 9.58. The van der Waals surface area contributed by atoms with E-state index < -0.39 is 34.9 Å². The van der Waals surface area contributed by atoms with E-state index in [1.165, 1.54) is 13.0 Å². The molecule has 0 radical (unpaired) electrons. The molecule has 0 heterocycles. The Labute approximate surface area is 215 Å². The van der Waals surface area contributed by atoms with Gasteiger partial charge in [0.25, 0.3) is 0 Å². The molecule has 2 fully saturated rings. The van der Waals surface area contributed by atoms with Crippen molar-refractivity contribution in [1.82, 2.24) is 0 Å². The first-order valence-corrected chi connectivity index (χ1v) is 12.8. The fraction of sp³-hybridized carbons (Fsp3) is 0.679. The predicted octanol–water partition coefficient (Wildman–Crippen LogP) is 6.32. The van der Waals surface area contributed by atoms with Crippen LogP contribution in [0.4, 0.5) is 13.2 Å². The molecule has 6 nitrogen and oxygen atoms in total. The van der Waals surface area contributed by atoms with Crippen molar-refractivity contribution >= 4 is 17.9 Å². The van der Waals surface area contributed by atoms with Gasteiger partial charge in [0.1, 0.15) is 11.4 Å². The van der Waals surface area contributed by atoms with Crippen LogP contribution in [-0.2, 0) is 28.6 Å². The van der Waals surface area contributed by atoms with Crippen LogP contribution in [0.2, 0.25) is 0 Å². The van der Waals surface area contributed by atoms with Crippen LogP contribution in [-0.4, -0.2) is 29.7 Å². The van der Waals surface area contributed by atoms with Crippen LogP contribution in [0, 0.1) is 28.6 Å². The van der Waals surface area contributed by atoms with Gasteiger partial charge in [-0.15, -0.1) is 0 Å². The zero-order valence-corrected chi connectivity index (χ0v) is 22.2. The number of carbonyl (C=O) groups is 3. The summed E-state index contributed by atoms with van der Waals surface area (Å²) in [6.45, 7) is 9.61. The number of fused-ring (bicyclic) bond motifs is 5. The maximum absolute atomic E-state index is 14.1. The predicted molar refractivity (Wildman–Crippen MR) is 127 cm³/mol. The molecule has 0 aromatic heterocycles. The number of halogens is 3. The van der Waals surface area contributed by atoms with Gasteiger partial charge < -0.3 is 14.2 Å². The molecular formula is C28H35F3O6. The number of alkyl halides is 3. The smallest absolute Gasteiger partial charge is 0.450 e.